The van der Waals surface area contributed by atoms with E-state index < -0.39 is 0 Å². The van der Waals surface area contributed by atoms with Crippen LogP contribution < -0.4 is 4.90 Å². The predicted molar refractivity (Wildman–Crippen MR) is 146 cm³/mol. The summed E-state index contributed by atoms with van der Waals surface area (Å²) in [5.41, 5.74) is 4.66. The Bertz CT molecular complexity index is 898. The van der Waals surface area contributed by atoms with Gasteiger partial charge in [0, 0.05) is 37.8 Å². The van der Waals surface area contributed by atoms with Crippen LogP contribution in [0.2, 0.25) is 0 Å². The molecule has 5 nitrogen and oxygen atoms in total. The lowest BCUT2D eigenvalue weighted by Gasteiger charge is -2.38. The Balaban J connectivity index is 1.49. The number of nitrogens with zero attached hydrogens (tertiary/aromatic N) is 3. The van der Waals surface area contributed by atoms with Crippen LogP contribution in [0, 0.1) is 28.6 Å². The summed E-state index contributed by atoms with van der Waals surface area (Å²) in [6, 6.07) is 9.09. The molecule has 1 saturated heterocycles. The van der Waals surface area contributed by atoms with Crippen molar-refractivity contribution in [1.82, 2.24) is 4.90 Å². The minimum atomic E-state index is -0.281. The maximum absolute atomic E-state index is 11.9. The first kappa shape index (κ1) is 27.4. The van der Waals surface area contributed by atoms with E-state index in [4.69, 9.17) is 10.7 Å². The van der Waals surface area contributed by atoms with Crippen molar-refractivity contribution < 1.29 is 4.79 Å². The van der Waals surface area contributed by atoms with Crippen molar-refractivity contribution >= 4 is 17.2 Å². The molecule has 5 heteroatoms. The van der Waals surface area contributed by atoms with Gasteiger partial charge in [-0.05, 0) is 78.7 Å². The van der Waals surface area contributed by atoms with E-state index in [1.165, 1.54) is 23.2 Å². The van der Waals surface area contributed by atoms with Crippen molar-refractivity contribution in [3.8, 4) is 6.07 Å². The predicted octanol–water partition coefficient (Wildman–Crippen LogP) is 6.10. The maximum atomic E-state index is 11.9. The van der Waals surface area contributed by atoms with Gasteiger partial charge in [-0.3, -0.25) is 9.69 Å². The standard InChI is InChI=1S/C30H46N4O/c1-29(2,3)24-19-25(30(4,5)6)21-26(20-24)34-17-15-33(16-18-34)14-12-22-7-9-23(10-8-22)28(32)27(35)11-13-31/h19-23,32H,7-12,14-18H2,1-6H3. The SMILES string of the molecule is CC(C)(C)c1cc(N2CCN(CCC3CCC(C(=N)C(=O)CC#N)CC3)CC2)cc(C(C)(C)C)c1. The van der Waals surface area contributed by atoms with Crippen LogP contribution in [0.3, 0.4) is 0 Å². The van der Waals surface area contributed by atoms with Gasteiger partial charge in [0.1, 0.15) is 0 Å². The highest BCUT2D eigenvalue weighted by atomic mass is 16.1. The summed E-state index contributed by atoms with van der Waals surface area (Å²) in [6.07, 6.45) is 5.11. The number of Topliss-reactive ketones (excluding diaryl/α,β-unsaturated/α-hetero) is 1. The third-order valence-electron chi connectivity index (χ3n) is 8.04. The Morgan fingerprint density at radius 3 is 1.97 bits per heavy atom. The summed E-state index contributed by atoms with van der Waals surface area (Å²) in [7, 11) is 0. The van der Waals surface area contributed by atoms with Crippen molar-refractivity contribution in [2.45, 2.75) is 90.9 Å². The van der Waals surface area contributed by atoms with Gasteiger partial charge in [0.05, 0.1) is 18.2 Å². The maximum Gasteiger partial charge on any atom is 0.190 e. The Hall–Kier alpha value is -2.19. The number of nitrogens with one attached hydrogen (secondary N) is 1. The van der Waals surface area contributed by atoms with Gasteiger partial charge < -0.3 is 10.3 Å². The molecule has 0 bridgehead atoms. The number of nitriles is 1. The smallest absolute Gasteiger partial charge is 0.190 e. The first-order valence-electron chi connectivity index (χ1n) is 13.5. The third-order valence-corrected chi connectivity index (χ3v) is 8.04. The highest BCUT2D eigenvalue weighted by molar-refractivity contribution is 6.39. The van der Waals surface area contributed by atoms with E-state index >= 15 is 0 Å². The van der Waals surface area contributed by atoms with Gasteiger partial charge in [0.25, 0.3) is 0 Å². The van der Waals surface area contributed by atoms with Gasteiger partial charge in [0.15, 0.2) is 5.78 Å². The summed E-state index contributed by atoms with van der Waals surface area (Å²) in [4.78, 5) is 17.0. The molecule has 1 heterocycles. The van der Waals surface area contributed by atoms with E-state index in [0.29, 0.717) is 5.92 Å². The molecule has 0 amide bonds. The number of hydrogen-bond donors (Lipinski definition) is 1. The Kier molecular flexibility index (Phi) is 8.81. The summed E-state index contributed by atoms with van der Waals surface area (Å²) in [5.74, 6) is 0.481. The molecule has 3 rings (SSSR count). The lowest BCUT2D eigenvalue weighted by atomic mass is 9.77. The molecular formula is C30H46N4O. The number of carbonyl (C=O) groups excluding carboxylic acids is 1. The normalized spacial score (nSPS) is 22.0. The average Bonchev–Trinajstić information content (AvgIpc) is 2.81. The molecular weight excluding hydrogens is 432 g/mol. The molecule has 1 aromatic rings. The quantitative estimate of drug-likeness (QED) is 0.481. The summed E-state index contributed by atoms with van der Waals surface area (Å²) in [6.45, 7) is 19.3. The van der Waals surface area contributed by atoms with E-state index in [9.17, 15) is 4.79 Å². The number of benzene rings is 1. The lowest BCUT2D eigenvalue weighted by Crippen LogP contribution is -2.47. The monoisotopic (exact) mass is 478 g/mol. The fourth-order valence-electron chi connectivity index (χ4n) is 5.39. The minimum Gasteiger partial charge on any atom is -0.369 e. The van der Waals surface area contributed by atoms with E-state index in [2.05, 4.69) is 69.5 Å². The van der Waals surface area contributed by atoms with E-state index in [1.54, 1.807) is 0 Å². The van der Waals surface area contributed by atoms with E-state index in [-0.39, 0.29) is 34.7 Å². The molecule has 192 valence electrons. The highest BCUT2D eigenvalue weighted by Gasteiger charge is 2.28. The van der Waals surface area contributed by atoms with Crippen LogP contribution >= 0.6 is 0 Å². The summed E-state index contributed by atoms with van der Waals surface area (Å²) in [5, 5.41) is 16.8. The largest absolute Gasteiger partial charge is 0.369 e. The molecule has 0 aromatic heterocycles. The molecule has 0 atom stereocenters. The minimum absolute atomic E-state index is 0.0671. The molecule has 0 spiro atoms. The van der Waals surface area contributed by atoms with E-state index in [0.717, 1.165) is 58.4 Å². The van der Waals surface area contributed by atoms with Gasteiger partial charge in [-0.15, -0.1) is 0 Å². The van der Waals surface area contributed by atoms with Crippen molar-refractivity contribution in [3.63, 3.8) is 0 Å². The topological polar surface area (TPSA) is 71.2 Å². The second kappa shape index (κ2) is 11.2. The molecule has 0 unspecified atom stereocenters. The third kappa shape index (κ3) is 7.40. The van der Waals surface area contributed by atoms with Crippen LogP contribution in [-0.2, 0) is 15.6 Å². The Morgan fingerprint density at radius 2 is 1.49 bits per heavy atom. The second-order valence-corrected chi connectivity index (χ2v) is 12.8. The summed E-state index contributed by atoms with van der Waals surface area (Å²) >= 11 is 0. The molecule has 0 radical (unpaired) electrons. The van der Waals surface area contributed by atoms with Crippen LogP contribution in [0.1, 0.15) is 91.2 Å². The Labute approximate surface area is 213 Å². The van der Waals surface area contributed by atoms with Crippen LogP contribution in [0.5, 0.6) is 0 Å². The van der Waals surface area contributed by atoms with Gasteiger partial charge in [0.2, 0.25) is 0 Å². The van der Waals surface area contributed by atoms with Crippen LogP contribution in [0.25, 0.3) is 0 Å². The number of hydrogen-bond acceptors (Lipinski definition) is 5. The number of anilines is 1. The number of rotatable bonds is 7. The molecule has 1 saturated carbocycles. The molecule has 1 N–H and O–H groups in total. The number of piperazine rings is 1. The molecule has 35 heavy (non-hydrogen) atoms. The van der Waals surface area contributed by atoms with Crippen LogP contribution in [-0.4, -0.2) is 49.1 Å². The zero-order chi connectivity index (χ0) is 25.8. The van der Waals surface area contributed by atoms with Gasteiger partial charge in [-0.25, -0.2) is 0 Å². The van der Waals surface area contributed by atoms with E-state index in [1.807, 2.05) is 6.07 Å². The van der Waals surface area contributed by atoms with Crippen molar-refractivity contribution in [1.29, 1.82) is 10.7 Å². The Morgan fingerprint density at radius 1 is 0.943 bits per heavy atom. The van der Waals surface area contributed by atoms with Crippen molar-refractivity contribution in [2.24, 2.45) is 11.8 Å². The lowest BCUT2D eigenvalue weighted by molar-refractivity contribution is -0.112. The zero-order valence-corrected chi connectivity index (χ0v) is 22.9. The van der Waals surface area contributed by atoms with Crippen LogP contribution in [0.4, 0.5) is 5.69 Å². The molecule has 2 aliphatic rings. The number of ketones is 1. The summed E-state index contributed by atoms with van der Waals surface area (Å²) < 4.78 is 0. The fourth-order valence-corrected chi connectivity index (χ4v) is 5.39. The number of carbonyl (C=O) groups is 1. The van der Waals surface area contributed by atoms with Crippen molar-refractivity contribution in [3.05, 3.63) is 29.3 Å². The van der Waals surface area contributed by atoms with Crippen molar-refractivity contribution in [2.75, 3.05) is 37.6 Å². The molecule has 2 fully saturated rings. The first-order chi connectivity index (χ1) is 16.4. The molecule has 1 aliphatic carbocycles. The van der Waals surface area contributed by atoms with Gasteiger partial charge >= 0.3 is 0 Å². The highest BCUT2D eigenvalue weighted by Crippen LogP contribution is 2.34. The first-order valence-corrected chi connectivity index (χ1v) is 13.5. The van der Waals surface area contributed by atoms with Gasteiger partial charge in [-0.2, -0.15) is 5.26 Å². The van der Waals surface area contributed by atoms with Gasteiger partial charge in [-0.1, -0.05) is 47.6 Å². The average molecular weight is 479 g/mol. The molecule has 1 aromatic carbocycles. The molecule has 1 aliphatic heterocycles. The fraction of sp³-hybridized carbons (Fsp3) is 0.700. The van der Waals surface area contributed by atoms with Crippen LogP contribution in [0.15, 0.2) is 18.2 Å². The second-order valence-electron chi connectivity index (χ2n) is 12.8. The zero-order valence-electron chi connectivity index (χ0n) is 22.9.